The SMILES string of the molecule is Cc1ccc(C(=O)c2ccc(C)c(F)c2F)cc1. The number of ketones is 1. The Labute approximate surface area is 104 Å². The molecule has 1 nitrogen and oxygen atoms in total. The standard InChI is InChI=1S/C15H12F2O/c1-9-3-6-11(7-4-9)15(18)12-8-5-10(2)13(16)14(12)17/h3-8H,1-2H3. The largest absolute Gasteiger partial charge is 0.288 e. The molecule has 0 heterocycles. The van der Waals surface area contributed by atoms with E-state index >= 15 is 0 Å². The Kier molecular flexibility index (Phi) is 3.24. The number of hydrogen-bond acceptors (Lipinski definition) is 1. The van der Waals surface area contributed by atoms with E-state index in [9.17, 15) is 13.6 Å². The third kappa shape index (κ3) is 2.16. The molecule has 0 spiro atoms. The molecule has 0 saturated carbocycles. The molecule has 92 valence electrons. The highest BCUT2D eigenvalue weighted by Gasteiger charge is 2.18. The highest BCUT2D eigenvalue weighted by atomic mass is 19.2. The first-order chi connectivity index (χ1) is 8.50. The van der Waals surface area contributed by atoms with Gasteiger partial charge in [0.2, 0.25) is 0 Å². The highest BCUT2D eigenvalue weighted by Crippen LogP contribution is 2.19. The van der Waals surface area contributed by atoms with Crippen molar-refractivity contribution < 1.29 is 13.6 Å². The number of hydrogen-bond donors (Lipinski definition) is 0. The minimum absolute atomic E-state index is 0.188. The zero-order valence-corrected chi connectivity index (χ0v) is 10.1. The summed E-state index contributed by atoms with van der Waals surface area (Å²) >= 11 is 0. The molecular weight excluding hydrogens is 234 g/mol. The van der Waals surface area contributed by atoms with E-state index < -0.39 is 17.4 Å². The minimum Gasteiger partial charge on any atom is -0.288 e. The molecule has 0 unspecified atom stereocenters. The van der Waals surface area contributed by atoms with Gasteiger partial charge in [-0.2, -0.15) is 0 Å². The zero-order valence-electron chi connectivity index (χ0n) is 10.1. The lowest BCUT2D eigenvalue weighted by Gasteiger charge is -2.05. The summed E-state index contributed by atoms with van der Waals surface area (Å²) in [5.41, 5.74) is 1.31. The van der Waals surface area contributed by atoms with Crippen LogP contribution in [0.1, 0.15) is 27.0 Å². The van der Waals surface area contributed by atoms with Crippen molar-refractivity contribution in [3.63, 3.8) is 0 Å². The van der Waals surface area contributed by atoms with Gasteiger partial charge in [0.1, 0.15) is 0 Å². The second-order valence-corrected chi connectivity index (χ2v) is 4.25. The molecule has 0 fully saturated rings. The molecule has 0 amide bonds. The summed E-state index contributed by atoms with van der Waals surface area (Å²) in [5, 5.41) is 0. The van der Waals surface area contributed by atoms with Crippen molar-refractivity contribution in [2.75, 3.05) is 0 Å². The van der Waals surface area contributed by atoms with Crippen molar-refractivity contribution in [1.29, 1.82) is 0 Å². The molecule has 3 heteroatoms. The highest BCUT2D eigenvalue weighted by molar-refractivity contribution is 6.09. The van der Waals surface area contributed by atoms with Crippen LogP contribution in [0, 0.1) is 25.5 Å². The molecule has 0 saturated heterocycles. The van der Waals surface area contributed by atoms with Gasteiger partial charge in [0.25, 0.3) is 0 Å². The van der Waals surface area contributed by atoms with Crippen LogP contribution >= 0.6 is 0 Å². The van der Waals surface area contributed by atoms with Crippen molar-refractivity contribution in [2.24, 2.45) is 0 Å². The van der Waals surface area contributed by atoms with Gasteiger partial charge in [-0.15, -0.1) is 0 Å². The van der Waals surface area contributed by atoms with E-state index in [0.29, 0.717) is 5.56 Å². The van der Waals surface area contributed by atoms with Crippen LogP contribution in [0.25, 0.3) is 0 Å². The smallest absolute Gasteiger partial charge is 0.196 e. The van der Waals surface area contributed by atoms with Crippen molar-refractivity contribution in [1.82, 2.24) is 0 Å². The monoisotopic (exact) mass is 246 g/mol. The van der Waals surface area contributed by atoms with Gasteiger partial charge < -0.3 is 0 Å². The zero-order chi connectivity index (χ0) is 13.3. The molecule has 2 aromatic carbocycles. The fraction of sp³-hybridized carbons (Fsp3) is 0.133. The maximum Gasteiger partial charge on any atom is 0.196 e. The van der Waals surface area contributed by atoms with Crippen molar-refractivity contribution in [2.45, 2.75) is 13.8 Å². The first kappa shape index (κ1) is 12.4. The molecule has 18 heavy (non-hydrogen) atoms. The number of carbonyl (C=O) groups is 1. The summed E-state index contributed by atoms with van der Waals surface area (Å²) in [7, 11) is 0. The molecule has 0 atom stereocenters. The van der Waals surface area contributed by atoms with Gasteiger partial charge in [-0.1, -0.05) is 35.9 Å². The Morgan fingerprint density at radius 2 is 1.50 bits per heavy atom. The van der Waals surface area contributed by atoms with E-state index in [1.165, 1.54) is 19.1 Å². The van der Waals surface area contributed by atoms with E-state index in [2.05, 4.69) is 0 Å². The van der Waals surface area contributed by atoms with Crippen LogP contribution in [-0.2, 0) is 0 Å². The molecule has 0 aromatic heterocycles. The van der Waals surface area contributed by atoms with Crippen molar-refractivity contribution in [3.05, 3.63) is 70.3 Å². The Morgan fingerprint density at radius 3 is 2.11 bits per heavy atom. The first-order valence-corrected chi connectivity index (χ1v) is 5.56. The summed E-state index contributed by atoms with van der Waals surface area (Å²) in [6.07, 6.45) is 0. The number of rotatable bonds is 2. The summed E-state index contributed by atoms with van der Waals surface area (Å²) in [6.45, 7) is 3.35. The van der Waals surface area contributed by atoms with E-state index in [0.717, 1.165) is 5.56 Å². The minimum atomic E-state index is -1.08. The number of aryl methyl sites for hydroxylation is 2. The predicted octanol–water partition coefficient (Wildman–Crippen LogP) is 3.81. The van der Waals surface area contributed by atoms with Gasteiger partial charge in [0.05, 0.1) is 5.56 Å². The maximum atomic E-state index is 13.7. The van der Waals surface area contributed by atoms with Gasteiger partial charge in [-0.05, 0) is 25.5 Å². The second-order valence-electron chi connectivity index (χ2n) is 4.25. The van der Waals surface area contributed by atoms with Crippen LogP contribution in [0.3, 0.4) is 0 Å². The Hall–Kier alpha value is -2.03. The Morgan fingerprint density at radius 1 is 0.889 bits per heavy atom. The Bertz CT molecular complexity index is 601. The van der Waals surface area contributed by atoms with Gasteiger partial charge >= 0.3 is 0 Å². The number of benzene rings is 2. The lowest BCUT2D eigenvalue weighted by Crippen LogP contribution is -2.06. The summed E-state index contributed by atoms with van der Waals surface area (Å²) in [6, 6.07) is 9.45. The lowest BCUT2D eigenvalue weighted by molar-refractivity contribution is 0.103. The van der Waals surface area contributed by atoms with E-state index in [1.54, 1.807) is 24.3 Å². The third-order valence-corrected chi connectivity index (χ3v) is 2.83. The van der Waals surface area contributed by atoms with E-state index in [1.807, 2.05) is 6.92 Å². The summed E-state index contributed by atoms with van der Waals surface area (Å²) < 4.78 is 27.1. The summed E-state index contributed by atoms with van der Waals surface area (Å²) in [4.78, 5) is 12.0. The van der Waals surface area contributed by atoms with Crippen LogP contribution in [0.15, 0.2) is 36.4 Å². The third-order valence-electron chi connectivity index (χ3n) is 2.83. The van der Waals surface area contributed by atoms with Gasteiger partial charge in [-0.3, -0.25) is 4.79 Å². The molecule has 0 aliphatic heterocycles. The lowest BCUT2D eigenvalue weighted by atomic mass is 10.0. The normalized spacial score (nSPS) is 10.4. The first-order valence-electron chi connectivity index (χ1n) is 5.56. The fourth-order valence-corrected chi connectivity index (χ4v) is 1.68. The molecule has 0 bridgehead atoms. The second kappa shape index (κ2) is 4.69. The van der Waals surface area contributed by atoms with E-state index in [4.69, 9.17) is 0 Å². The molecule has 0 aliphatic carbocycles. The number of carbonyl (C=O) groups excluding carboxylic acids is 1. The van der Waals surface area contributed by atoms with Crippen molar-refractivity contribution in [3.8, 4) is 0 Å². The molecule has 0 aliphatic rings. The molecule has 2 aromatic rings. The molecule has 0 radical (unpaired) electrons. The predicted molar refractivity (Wildman–Crippen MR) is 65.7 cm³/mol. The topological polar surface area (TPSA) is 17.1 Å². The maximum absolute atomic E-state index is 13.7. The molecule has 2 rings (SSSR count). The van der Waals surface area contributed by atoms with Crippen molar-refractivity contribution >= 4 is 5.78 Å². The van der Waals surface area contributed by atoms with Crippen LogP contribution in [0.4, 0.5) is 8.78 Å². The fourth-order valence-electron chi connectivity index (χ4n) is 1.68. The van der Waals surface area contributed by atoms with Crippen LogP contribution < -0.4 is 0 Å². The van der Waals surface area contributed by atoms with E-state index in [-0.39, 0.29) is 11.1 Å². The average Bonchev–Trinajstić information content (AvgIpc) is 2.36. The quantitative estimate of drug-likeness (QED) is 0.736. The van der Waals surface area contributed by atoms with Crippen LogP contribution in [0.2, 0.25) is 0 Å². The van der Waals surface area contributed by atoms with Gasteiger partial charge in [0.15, 0.2) is 17.4 Å². The number of halogens is 2. The average molecular weight is 246 g/mol. The molecular formula is C15H12F2O. The van der Waals surface area contributed by atoms with Gasteiger partial charge in [-0.25, -0.2) is 8.78 Å². The van der Waals surface area contributed by atoms with Gasteiger partial charge in [0, 0.05) is 5.56 Å². The van der Waals surface area contributed by atoms with Crippen LogP contribution in [-0.4, -0.2) is 5.78 Å². The van der Waals surface area contributed by atoms with Crippen LogP contribution in [0.5, 0.6) is 0 Å². The summed E-state index contributed by atoms with van der Waals surface area (Å²) in [5.74, 6) is -2.56. The Balaban J connectivity index is 2.46. The molecule has 0 N–H and O–H groups in total.